The molecule has 5 nitrogen and oxygen atoms in total. The third kappa shape index (κ3) is 2.54. The Balaban J connectivity index is 2.47. The van der Waals surface area contributed by atoms with Crippen molar-refractivity contribution in [2.24, 2.45) is 0 Å². The lowest BCUT2D eigenvalue weighted by molar-refractivity contribution is -0.140. The molecule has 0 aliphatic carbocycles. The lowest BCUT2D eigenvalue weighted by Gasteiger charge is -2.31. The zero-order valence-corrected chi connectivity index (χ0v) is 11.7. The van der Waals surface area contributed by atoms with Crippen molar-refractivity contribution >= 4 is 35.2 Å². The van der Waals surface area contributed by atoms with E-state index >= 15 is 0 Å². The average Bonchev–Trinajstić information content (AvgIpc) is 2.66. The van der Waals surface area contributed by atoms with E-state index in [-0.39, 0.29) is 0 Å². The molecule has 1 aromatic carbocycles. The maximum atomic E-state index is 11.7. The number of ether oxygens (including phenoxy) is 2. The summed E-state index contributed by atoms with van der Waals surface area (Å²) >= 11 is 11.9. The van der Waals surface area contributed by atoms with Crippen molar-refractivity contribution in [3.8, 4) is 0 Å². The molecular formula is C12H11Cl2NO4. The fourth-order valence-corrected chi connectivity index (χ4v) is 2.46. The number of carbonyl (C=O) groups excluding carboxylic acids is 2. The van der Waals surface area contributed by atoms with Gasteiger partial charge < -0.3 is 9.47 Å². The van der Waals surface area contributed by atoms with E-state index in [0.29, 0.717) is 15.6 Å². The van der Waals surface area contributed by atoms with Crippen LogP contribution >= 0.6 is 23.2 Å². The van der Waals surface area contributed by atoms with E-state index < -0.39 is 23.7 Å². The smallest absolute Gasteiger partial charge is 0.414 e. The van der Waals surface area contributed by atoms with Gasteiger partial charge in [0.25, 0.3) is 5.91 Å². The van der Waals surface area contributed by atoms with Gasteiger partial charge in [0.15, 0.2) is 0 Å². The van der Waals surface area contributed by atoms with Crippen LogP contribution in [0.5, 0.6) is 0 Å². The third-order valence-corrected chi connectivity index (χ3v) is 3.48. The van der Waals surface area contributed by atoms with Gasteiger partial charge in [-0.1, -0.05) is 23.2 Å². The van der Waals surface area contributed by atoms with Crippen LogP contribution in [0.2, 0.25) is 10.0 Å². The predicted molar refractivity (Wildman–Crippen MR) is 69.2 cm³/mol. The number of halogens is 2. The van der Waals surface area contributed by atoms with Gasteiger partial charge in [-0.3, -0.25) is 10.1 Å². The van der Waals surface area contributed by atoms with Crippen LogP contribution < -0.4 is 5.32 Å². The molecule has 0 spiro atoms. The Morgan fingerprint density at radius 2 is 1.84 bits per heavy atom. The molecule has 1 aromatic rings. The van der Waals surface area contributed by atoms with E-state index in [9.17, 15) is 9.59 Å². The van der Waals surface area contributed by atoms with Gasteiger partial charge in [0, 0.05) is 17.2 Å². The summed E-state index contributed by atoms with van der Waals surface area (Å²) in [5.41, 5.74) is -0.632. The molecule has 1 saturated heterocycles. The Hall–Kier alpha value is -1.30. The van der Waals surface area contributed by atoms with Crippen molar-refractivity contribution in [2.75, 3.05) is 7.11 Å². The largest absolute Gasteiger partial charge is 0.432 e. The summed E-state index contributed by atoms with van der Waals surface area (Å²) in [7, 11) is 1.41. The molecule has 102 valence electrons. The average molecular weight is 304 g/mol. The Morgan fingerprint density at radius 1 is 1.26 bits per heavy atom. The number of imide groups is 1. The lowest BCUT2D eigenvalue weighted by Crippen LogP contribution is -2.44. The molecule has 2 amide bonds. The van der Waals surface area contributed by atoms with Crippen molar-refractivity contribution in [3.63, 3.8) is 0 Å². The Bertz CT molecular complexity index is 528. The molecule has 1 heterocycles. The summed E-state index contributed by atoms with van der Waals surface area (Å²) in [5.74, 6) is -0.564. The highest BCUT2D eigenvalue weighted by atomic mass is 35.5. The zero-order valence-electron chi connectivity index (χ0n) is 10.2. The van der Waals surface area contributed by atoms with Gasteiger partial charge in [0.1, 0.15) is 5.60 Å². The Kier molecular flexibility index (Phi) is 3.71. The first kappa shape index (κ1) is 14.1. The standard InChI is InChI=1S/C12H11Cl2NO4/c1-12(18-2,9-10(16)15-11(17)19-9)6-3-7(13)5-8(14)4-6/h3-5,9H,1-2H3,(H,15,16,17). The molecule has 0 aromatic heterocycles. The molecule has 2 atom stereocenters. The first-order chi connectivity index (χ1) is 8.86. The fraction of sp³-hybridized carbons (Fsp3) is 0.333. The minimum Gasteiger partial charge on any atom is -0.432 e. The number of amides is 2. The molecule has 1 aliphatic rings. The van der Waals surface area contributed by atoms with Gasteiger partial charge in [0.05, 0.1) is 0 Å². The van der Waals surface area contributed by atoms with E-state index in [4.69, 9.17) is 32.7 Å². The van der Waals surface area contributed by atoms with E-state index in [1.165, 1.54) is 7.11 Å². The highest BCUT2D eigenvalue weighted by Gasteiger charge is 2.48. The first-order valence-corrected chi connectivity index (χ1v) is 6.15. The summed E-state index contributed by atoms with van der Waals surface area (Å²) < 4.78 is 10.3. The highest BCUT2D eigenvalue weighted by Crippen LogP contribution is 2.35. The van der Waals surface area contributed by atoms with Crippen molar-refractivity contribution in [1.29, 1.82) is 0 Å². The van der Waals surface area contributed by atoms with E-state index in [2.05, 4.69) is 5.32 Å². The van der Waals surface area contributed by atoms with Crippen molar-refractivity contribution < 1.29 is 19.1 Å². The molecule has 2 rings (SSSR count). The van der Waals surface area contributed by atoms with Gasteiger partial charge in [-0.15, -0.1) is 0 Å². The summed E-state index contributed by atoms with van der Waals surface area (Å²) in [6.45, 7) is 1.62. The maximum Gasteiger partial charge on any atom is 0.414 e. The van der Waals surface area contributed by atoms with Crippen LogP contribution in [-0.4, -0.2) is 25.2 Å². The maximum absolute atomic E-state index is 11.7. The van der Waals surface area contributed by atoms with Crippen LogP contribution in [0.1, 0.15) is 12.5 Å². The van der Waals surface area contributed by atoms with Crippen LogP contribution in [0, 0.1) is 0 Å². The van der Waals surface area contributed by atoms with Crippen LogP contribution in [0.3, 0.4) is 0 Å². The van der Waals surface area contributed by atoms with Gasteiger partial charge in [-0.05, 0) is 30.7 Å². The molecule has 0 saturated carbocycles. The van der Waals surface area contributed by atoms with Crippen LogP contribution in [0.25, 0.3) is 0 Å². The minimum atomic E-state index is -1.18. The van der Waals surface area contributed by atoms with Crippen LogP contribution in [0.4, 0.5) is 4.79 Å². The Labute approximate surface area is 119 Å². The minimum absolute atomic E-state index is 0.399. The number of cyclic esters (lactones) is 1. The number of carbonyl (C=O) groups is 2. The molecule has 19 heavy (non-hydrogen) atoms. The topological polar surface area (TPSA) is 64.6 Å². The molecule has 0 bridgehead atoms. The fourth-order valence-electron chi connectivity index (χ4n) is 1.94. The molecule has 0 radical (unpaired) electrons. The second-order valence-electron chi connectivity index (χ2n) is 4.24. The van der Waals surface area contributed by atoms with Gasteiger partial charge >= 0.3 is 6.09 Å². The number of rotatable bonds is 3. The summed E-state index contributed by atoms with van der Waals surface area (Å²) in [6, 6.07) is 4.77. The number of alkyl carbamates (subject to hydrolysis) is 1. The number of nitrogens with one attached hydrogen (secondary N) is 1. The quantitative estimate of drug-likeness (QED) is 0.932. The van der Waals surface area contributed by atoms with E-state index in [1.54, 1.807) is 25.1 Å². The predicted octanol–water partition coefficient (Wildman–Crippen LogP) is 2.49. The zero-order chi connectivity index (χ0) is 14.2. The third-order valence-electron chi connectivity index (χ3n) is 3.05. The second-order valence-corrected chi connectivity index (χ2v) is 5.12. The van der Waals surface area contributed by atoms with Gasteiger partial charge in [-0.2, -0.15) is 0 Å². The molecular weight excluding hydrogens is 293 g/mol. The van der Waals surface area contributed by atoms with Gasteiger partial charge in [-0.25, -0.2) is 4.79 Å². The molecule has 7 heteroatoms. The second kappa shape index (κ2) is 5.00. The van der Waals surface area contributed by atoms with Crippen LogP contribution in [-0.2, 0) is 19.9 Å². The normalized spacial score (nSPS) is 21.8. The monoisotopic (exact) mass is 303 g/mol. The van der Waals surface area contributed by atoms with Crippen molar-refractivity contribution in [3.05, 3.63) is 33.8 Å². The lowest BCUT2D eigenvalue weighted by atomic mass is 9.89. The number of hydrogen-bond acceptors (Lipinski definition) is 4. The molecule has 1 fully saturated rings. The van der Waals surface area contributed by atoms with Crippen LogP contribution in [0.15, 0.2) is 18.2 Å². The summed E-state index contributed by atoms with van der Waals surface area (Å²) in [5, 5.41) is 2.86. The first-order valence-electron chi connectivity index (χ1n) is 5.40. The van der Waals surface area contributed by atoms with Crippen molar-refractivity contribution in [1.82, 2.24) is 5.32 Å². The highest BCUT2D eigenvalue weighted by molar-refractivity contribution is 6.34. The molecule has 1 N–H and O–H groups in total. The molecule has 1 aliphatic heterocycles. The summed E-state index contributed by atoms with van der Waals surface area (Å²) in [4.78, 5) is 22.9. The molecule has 2 unspecified atom stereocenters. The number of methoxy groups -OCH3 is 1. The number of benzene rings is 1. The number of hydrogen-bond donors (Lipinski definition) is 1. The Morgan fingerprint density at radius 3 is 2.26 bits per heavy atom. The van der Waals surface area contributed by atoms with E-state index in [0.717, 1.165) is 0 Å². The van der Waals surface area contributed by atoms with Crippen molar-refractivity contribution in [2.45, 2.75) is 18.6 Å². The van der Waals surface area contributed by atoms with Gasteiger partial charge in [0.2, 0.25) is 6.10 Å². The SMILES string of the molecule is COC(C)(c1cc(Cl)cc(Cl)c1)C1OC(=O)NC1=O. The summed E-state index contributed by atoms with van der Waals surface area (Å²) in [6.07, 6.45) is -1.90. The van der Waals surface area contributed by atoms with E-state index in [1.807, 2.05) is 0 Å².